The molecular formula is C21H21ClN4O2. The van der Waals surface area contributed by atoms with Crippen LogP contribution < -0.4 is 15.4 Å². The normalized spacial score (nSPS) is 10.4. The highest BCUT2D eigenvalue weighted by Gasteiger charge is 2.09. The number of para-hydroxylation sites is 1. The quantitative estimate of drug-likeness (QED) is 0.606. The Morgan fingerprint density at radius 2 is 1.79 bits per heavy atom. The Morgan fingerprint density at radius 3 is 2.50 bits per heavy atom. The van der Waals surface area contributed by atoms with Crippen LogP contribution in [-0.2, 0) is 13.0 Å². The maximum Gasteiger partial charge on any atom is 0.254 e. The summed E-state index contributed by atoms with van der Waals surface area (Å²) in [6.45, 7) is 1.05. The highest BCUT2D eigenvalue weighted by atomic mass is 35.5. The molecule has 3 aromatic rings. The predicted molar refractivity (Wildman–Crippen MR) is 110 cm³/mol. The fraction of sp³-hybridized carbons (Fsp3) is 0.190. The van der Waals surface area contributed by atoms with E-state index in [2.05, 4.69) is 20.6 Å². The average molecular weight is 397 g/mol. The number of rotatable bonds is 8. The maximum absolute atomic E-state index is 12.3. The van der Waals surface area contributed by atoms with E-state index >= 15 is 0 Å². The van der Waals surface area contributed by atoms with Crippen molar-refractivity contribution < 1.29 is 9.53 Å². The molecule has 0 spiro atoms. The minimum absolute atomic E-state index is 0.237. The van der Waals surface area contributed by atoms with Crippen molar-refractivity contribution in [1.82, 2.24) is 15.3 Å². The second-order valence-corrected chi connectivity index (χ2v) is 6.53. The highest BCUT2D eigenvalue weighted by molar-refractivity contribution is 6.30. The molecule has 0 aliphatic heterocycles. The van der Waals surface area contributed by atoms with Crippen LogP contribution in [0.15, 0.2) is 60.9 Å². The van der Waals surface area contributed by atoms with Gasteiger partial charge in [0, 0.05) is 36.1 Å². The number of carbonyl (C=O) groups is 1. The minimum Gasteiger partial charge on any atom is -0.496 e. The van der Waals surface area contributed by atoms with Crippen LogP contribution in [0.5, 0.6) is 5.75 Å². The Labute approximate surface area is 168 Å². The number of aromatic nitrogens is 2. The summed E-state index contributed by atoms with van der Waals surface area (Å²) < 4.78 is 5.28. The Balaban J connectivity index is 1.49. The topological polar surface area (TPSA) is 76.1 Å². The lowest BCUT2D eigenvalue weighted by atomic mass is 10.1. The number of hydrogen-bond donors (Lipinski definition) is 2. The summed E-state index contributed by atoms with van der Waals surface area (Å²) in [5.74, 6) is 0.980. The molecule has 2 aromatic carbocycles. The van der Waals surface area contributed by atoms with E-state index in [9.17, 15) is 4.79 Å². The van der Waals surface area contributed by atoms with E-state index < -0.39 is 0 Å². The van der Waals surface area contributed by atoms with Crippen molar-refractivity contribution >= 4 is 23.5 Å². The molecule has 0 aliphatic carbocycles. The second-order valence-electron chi connectivity index (χ2n) is 6.09. The van der Waals surface area contributed by atoms with E-state index in [-0.39, 0.29) is 5.91 Å². The molecule has 0 aliphatic rings. The Kier molecular flexibility index (Phi) is 6.81. The molecule has 0 radical (unpaired) electrons. The smallest absolute Gasteiger partial charge is 0.254 e. The number of nitrogens with zero attached hydrogens (tertiary/aromatic N) is 2. The molecule has 1 aromatic heterocycles. The third kappa shape index (κ3) is 5.44. The molecule has 0 bridgehead atoms. The Bertz CT molecular complexity index is 914. The third-order valence-corrected chi connectivity index (χ3v) is 4.41. The Hall–Kier alpha value is -3.12. The monoisotopic (exact) mass is 396 g/mol. The van der Waals surface area contributed by atoms with Gasteiger partial charge in [-0.1, -0.05) is 41.9 Å². The molecule has 3 rings (SSSR count). The highest BCUT2D eigenvalue weighted by Crippen LogP contribution is 2.17. The van der Waals surface area contributed by atoms with Gasteiger partial charge in [-0.2, -0.15) is 0 Å². The van der Waals surface area contributed by atoms with E-state index in [4.69, 9.17) is 16.3 Å². The van der Waals surface area contributed by atoms with Crippen LogP contribution in [0.25, 0.3) is 0 Å². The summed E-state index contributed by atoms with van der Waals surface area (Å²) in [7, 11) is 1.60. The van der Waals surface area contributed by atoms with Crippen molar-refractivity contribution in [3.63, 3.8) is 0 Å². The molecule has 0 unspecified atom stereocenters. The van der Waals surface area contributed by atoms with Crippen LogP contribution in [0.1, 0.15) is 21.5 Å². The molecule has 0 saturated heterocycles. The van der Waals surface area contributed by atoms with Crippen molar-refractivity contribution in [2.24, 2.45) is 0 Å². The number of carbonyl (C=O) groups excluding carboxylic acids is 1. The van der Waals surface area contributed by atoms with Gasteiger partial charge in [-0.15, -0.1) is 0 Å². The molecule has 7 heteroatoms. The van der Waals surface area contributed by atoms with Crippen molar-refractivity contribution in [2.45, 2.75) is 13.0 Å². The summed E-state index contributed by atoms with van der Waals surface area (Å²) in [5, 5.41) is 6.71. The van der Waals surface area contributed by atoms with Crippen LogP contribution in [0, 0.1) is 0 Å². The molecule has 1 heterocycles. The number of benzene rings is 2. The Morgan fingerprint density at radius 1 is 1.07 bits per heavy atom. The van der Waals surface area contributed by atoms with Gasteiger partial charge in [0.2, 0.25) is 5.95 Å². The van der Waals surface area contributed by atoms with Crippen molar-refractivity contribution in [3.8, 4) is 5.75 Å². The number of anilines is 1. The summed E-state index contributed by atoms with van der Waals surface area (Å²) in [5.41, 5.74) is 2.47. The standard InChI is InChI=1S/C21H21ClN4O2/c1-28-19-5-3-2-4-16(19)12-24-20(27)17-13-25-21(26-14-17)23-11-10-15-6-8-18(22)9-7-15/h2-9,13-14H,10-12H2,1H3,(H,24,27)(H,23,25,26). The number of amides is 1. The van der Waals surface area contributed by atoms with Crippen molar-refractivity contribution in [3.05, 3.63) is 82.6 Å². The summed E-state index contributed by atoms with van der Waals surface area (Å²) in [6.07, 6.45) is 3.84. The van der Waals surface area contributed by atoms with Crippen LogP contribution >= 0.6 is 11.6 Å². The maximum atomic E-state index is 12.3. The van der Waals surface area contributed by atoms with Gasteiger partial charge in [-0.05, 0) is 30.2 Å². The summed E-state index contributed by atoms with van der Waals surface area (Å²) >= 11 is 5.88. The number of methoxy groups -OCH3 is 1. The molecule has 0 fully saturated rings. The van der Waals surface area contributed by atoms with Crippen molar-refractivity contribution in [1.29, 1.82) is 0 Å². The first-order valence-corrected chi connectivity index (χ1v) is 9.24. The first-order valence-electron chi connectivity index (χ1n) is 8.86. The molecule has 6 nitrogen and oxygen atoms in total. The zero-order chi connectivity index (χ0) is 19.8. The average Bonchev–Trinajstić information content (AvgIpc) is 2.74. The molecular weight excluding hydrogens is 376 g/mol. The largest absolute Gasteiger partial charge is 0.496 e. The molecule has 28 heavy (non-hydrogen) atoms. The molecule has 0 saturated carbocycles. The first-order chi connectivity index (χ1) is 13.7. The van der Waals surface area contributed by atoms with E-state index in [0.717, 1.165) is 22.8 Å². The second kappa shape index (κ2) is 9.71. The zero-order valence-corrected chi connectivity index (χ0v) is 16.2. The number of halogens is 1. The van der Waals surface area contributed by atoms with Crippen LogP contribution in [0.4, 0.5) is 5.95 Å². The van der Waals surface area contributed by atoms with Gasteiger partial charge in [0.05, 0.1) is 12.7 Å². The van der Waals surface area contributed by atoms with Gasteiger partial charge >= 0.3 is 0 Å². The molecule has 144 valence electrons. The fourth-order valence-corrected chi connectivity index (χ4v) is 2.76. The SMILES string of the molecule is COc1ccccc1CNC(=O)c1cnc(NCCc2ccc(Cl)cc2)nc1. The van der Waals surface area contributed by atoms with Crippen molar-refractivity contribution in [2.75, 3.05) is 19.0 Å². The van der Waals surface area contributed by atoms with Crippen LogP contribution in [-0.4, -0.2) is 29.5 Å². The third-order valence-electron chi connectivity index (χ3n) is 4.16. The number of nitrogens with one attached hydrogen (secondary N) is 2. The minimum atomic E-state index is -0.237. The van der Waals surface area contributed by atoms with Gasteiger partial charge in [0.1, 0.15) is 5.75 Å². The summed E-state index contributed by atoms with van der Waals surface area (Å²) in [4.78, 5) is 20.7. The van der Waals surface area contributed by atoms with Crippen LogP contribution in [0.3, 0.4) is 0 Å². The van der Waals surface area contributed by atoms with E-state index in [1.165, 1.54) is 18.0 Å². The van der Waals surface area contributed by atoms with Gasteiger partial charge in [0.15, 0.2) is 0 Å². The lowest BCUT2D eigenvalue weighted by molar-refractivity contribution is 0.0950. The fourth-order valence-electron chi connectivity index (χ4n) is 2.63. The van der Waals surface area contributed by atoms with Gasteiger partial charge in [-0.25, -0.2) is 9.97 Å². The molecule has 0 atom stereocenters. The number of ether oxygens (including phenoxy) is 1. The van der Waals surface area contributed by atoms with E-state index in [0.29, 0.717) is 24.6 Å². The van der Waals surface area contributed by atoms with Gasteiger partial charge in [0.25, 0.3) is 5.91 Å². The van der Waals surface area contributed by atoms with E-state index in [1.54, 1.807) is 7.11 Å². The number of hydrogen-bond acceptors (Lipinski definition) is 5. The van der Waals surface area contributed by atoms with E-state index in [1.807, 2.05) is 48.5 Å². The van der Waals surface area contributed by atoms with Crippen LogP contribution in [0.2, 0.25) is 5.02 Å². The predicted octanol–water partition coefficient (Wildman–Crippen LogP) is 3.72. The van der Waals surface area contributed by atoms with Gasteiger partial charge < -0.3 is 15.4 Å². The van der Waals surface area contributed by atoms with Gasteiger partial charge in [-0.3, -0.25) is 4.79 Å². The first kappa shape index (κ1) is 19.6. The summed E-state index contributed by atoms with van der Waals surface area (Å²) in [6, 6.07) is 15.3. The lowest BCUT2D eigenvalue weighted by Gasteiger charge is -2.09. The zero-order valence-electron chi connectivity index (χ0n) is 15.5. The lowest BCUT2D eigenvalue weighted by Crippen LogP contribution is -2.23. The molecule has 1 amide bonds. The molecule has 2 N–H and O–H groups in total.